The van der Waals surface area contributed by atoms with Crippen molar-refractivity contribution in [3.8, 4) is 0 Å². The third kappa shape index (κ3) is 2.35. The van der Waals surface area contributed by atoms with Gasteiger partial charge in [0.2, 0.25) is 0 Å². The Kier molecular flexibility index (Phi) is 3.12. The second-order valence-electron chi connectivity index (χ2n) is 2.35. The highest BCUT2D eigenvalue weighted by atomic mass is 32.1. The molecule has 0 aliphatic rings. The van der Waals surface area contributed by atoms with Crippen molar-refractivity contribution >= 4 is 17.4 Å². The Balaban J connectivity index is 2.71. The third-order valence-corrected chi connectivity index (χ3v) is 2.44. The number of thiophene rings is 1. The Morgan fingerprint density at radius 1 is 1.36 bits per heavy atom. The van der Waals surface area contributed by atoms with Crippen LogP contribution in [0.15, 0.2) is 29.7 Å². The summed E-state index contributed by atoms with van der Waals surface area (Å²) in [7, 11) is 0. The average Bonchev–Trinajstić information content (AvgIpc) is 2.37. The van der Waals surface area contributed by atoms with Crippen LogP contribution < -0.4 is 0 Å². The first kappa shape index (κ1) is 8.28. The van der Waals surface area contributed by atoms with Gasteiger partial charge < -0.3 is 0 Å². The highest BCUT2D eigenvalue weighted by Crippen LogP contribution is 2.16. The summed E-state index contributed by atoms with van der Waals surface area (Å²) in [6, 6.07) is 2.14. The van der Waals surface area contributed by atoms with Gasteiger partial charge in [0.1, 0.15) is 0 Å². The molecule has 0 aliphatic heterocycles. The van der Waals surface area contributed by atoms with Gasteiger partial charge in [0, 0.05) is 4.88 Å². The number of aryl methyl sites for hydroxylation is 1. The van der Waals surface area contributed by atoms with E-state index in [-0.39, 0.29) is 0 Å². The van der Waals surface area contributed by atoms with E-state index in [0.717, 1.165) is 0 Å². The van der Waals surface area contributed by atoms with Gasteiger partial charge in [-0.15, -0.1) is 11.3 Å². The normalized spacial score (nSPS) is 11.8. The van der Waals surface area contributed by atoms with Crippen molar-refractivity contribution in [2.45, 2.75) is 13.8 Å². The zero-order valence-electron chi connectivity index (χ0n) is 6.87. The van der Waals surface area contributed by atoms with Crippen LogP contribution in [0, 0.1) is 6.92 Å². The van der Waals surface area contributed by atoms with Gasteiger partial charge in [-0.1, -0.05) is 18.2 Å². The van der Waals surface area contributed by atoms with Crippen LogP contribution in [0.2, 0.25) is 0 Å². The van der Waals surface area contributed by atoms with E-state index in [9.17, 15) is 0 Å². The van der Waals surface area contributed by atoms with E-state index in [2.05, 4.69) is 30.5 Å². The van der Waals surface area contributed by atoms with Gasteiger partial charge in [0.15, 0.2) is 0 Å². The molecule has 1 aromatic heterocycles. The molecule has 0 fully saturated rings. The van der Waals surface area contributed by atoms with E-state index in [1.54, 1.807) is 11.3 Å². The monoisotopic (exact) mass is 164 g/mol. The molecule has 0 atom stereocenters. The van der Waals surface area contributed by atoms with Crippen molar-refractivity contribution in [1.29, 1.82) is 0 Å². The van der Waals surface area contributed by atoms with Crippen molar-refractivity contribution in [2.75, 3.05) is 0 Å². The van der Waals surface area contributed by atoms with Crippen LogP contribution in [0.25, 0.3) is 6.08 Å². The fraction of sp³-hybridized carbons (Fsp3) is 0.200. The van der Waals surface area contributed by atoms with Gasteiger partial charge in [-0.2, -0.15) is 0 Å². The third-order valence-electron chi connectivity index (χ3n) is 1.45. The average molecular weight is 164 g/mol. The summed E-state index contributed by atoms with van der Waals surface area (Å²) >= 11 is 1.78. The van der Waals surface area contributed by atoms with Gasteiger partial charge in [-0.25, -0.2) is 0 Å². The summed E-state index contributed by atoms with van der Waals surface area (Å²) in [5.74, 6) is 0. The number of allylic oxidation sites excluding steroid dienone is 3. The van der Waals surface area contributed by atoms with Crippen LogP contribution in [0.1, 0.15) is 17.4 Å². The molecular weight excluding hydrogens is 152 g/mol. The second kappa shape index (κ2) is 4.14. The molecule has 0 N–H and O–H groups in total. The van der Waals surface area contributed by atoms with Crippen molar-refractivity contribution in [1.82, 2.24) is 0 Å². The van der Waals surface area contributed by atoms with Crippen molar-refractivity contribution in [3.63, 3.8) is 0 Å². The Morgan fingerprint density at radius 2 is 2.18 bits per heavy atom. The Hall–Kier alpha value is -0.820. The van der Waals surface area contributed by atoms with E-state index in [1.165, 1.54) is 10.4 Å². The fourth-order valence-corrected chi connectivity index (χ4v) is 1.64. The molecule has 58 valence electrons. The zero-order chi connectivity index (χ0) is 8.10. The number of rotatable bonds is 2. The minimum absolute atomic E-state index is 1.35. The lowest BCUT2D eigenvalue weighted by molar-refractivity contribution is 1.53. The molecular formula is C10H12S. The molecule has 0 bridgehead atoms. The minimum atomic E-state index is 1.35. The summed E-state index contributed by atoms with van der Waals surface area (Å²) < 4.78 is 0. The molecule has 11 heavy (non-hydrogen) atoms. The lowest BCUT2D eigenvalue weighted by Gasteiger charge is -1.85. The maximum atomic E-state index is 2.14. The molecule has 1 aromatic rings. The van der Waals surface area contributed by atoms with E-state index >= 15 is 0 Å². The molecule has 0 amide bonds. The van der Waals surface area contributed by atoms with E-state index < -0.39 is 0 Å². The van der Waals surface area contributed by atoms with Crippen LogP contribution in [0.5, 0.6) is 0 Å². The van der Waals surface area contributed by atoms with E-state index in [1.807, 2.05) is 19.1 Å². The fourth-order valence-electron chi connectivity index (χ4n) is 0.809. The quantitative estimate of drug-likeness (QED) is 0.585. The largest absolute Gasteiger partial charge is 0.144 e. The summed E-state index contributed by atoms with van der Waals surface area (Å²) in [6.45, 7) is 4.15. The SMILES string of the molecule is C/C=C\C=C/c1sccc1C. The maximum absolute atomic E-state index is 2.14. The molecule has 1 heterocycles. The topological polar surface area (TPSA) is 0 Å². The molecule has 0 spiro atoms. The summed E-state index contributed by atoms with van der Waals surface area (Å²) in [5.41, 5.74) is 1.36. The van der Waals surface area contributed by atoms with Crippen LogP contribution in [-0.4, -0.2) is 0 Å². The molecule has 0 nitrogen and oxygen atoms in total. The smallest absolute Gasteiger partial charge is 0.0299 e. The first-order valence-corrected chi connectivity index (χ1v) is 4.56. The van der Waals surface area contributed by atoms with Crippen LogP contribution in [0.3, 0.4) is 0 Å². The van der Waals surface area contributed by atoms with Crippen LogP contribution in [0.4, 0.5) is 0 Å². The summed E-state index contributed by atoms with van der Waals surface area (Å²) in [6.07, 6.45) is 8.28. The Morgan fingerprint density at radius 3 is 2.73 bits per heavy atom. The molecule has 0 saturated heterocycles. The van der Waals surface area contributed by atoms with Crippen LogP contribution >= 0.6 is 11.3 Å². The Labute approximate surface area is 71.9 Å². The van der Waals surface area contributed by atoms with Crippen molar-refractivity contribution in [2.24, 2.45) is 0 Å². The van der Waals surface area contributed by atoms with Gasteiger partial charge >= 0.3 is 0 Å². The predicted octanol–water partition coefficient (Wildman–Crippen LogP) is 3.65. The molecule has 0 aromatic carbocycles. The maximum Gasteiger partial charge on any atom is 0.0299 e. The zero-order valence-corrected chi connectivity index (χ0v) is 7.69. The predicted molar refractivity (Wildman–Crippen MR) is 52.9 cm³/mol. The van der Waals surface area contributed by atoms with Crippen molar-refractivity contribution < 1.29 is 0 Å². The van der Waals surface area contributed by atoms with Crippen molar-refractivity contribution in [3.05, 3.63) is 40.1 Å². The number of hydrogen-bond acceptors (Lipinski definition) is 1. The van der Waals surface area contributed by atoms with Gasteiger partial charge in [-0.3, -0.25) is 0 Å². The lowest BCUT2D eigenvalue weighted by Crippen LogP contribution is -1.65. The lowest BCUT2D eigenvalue weighted by atomic mass is 10.3. The molecule has 1 rings (SSSR count). The van der Waals surface area contributed by atoms with Crippen LogP contribution in [-0.2, 0) is 0 Å². The summed E-state index contributed by atoms with van der Waals surface area (Å²) in [5, 5.41) is 2.12. The highest BCUT2D eigenvalue weighted by molar-refractivity contribution is 7.11. The number of hydrogen-bond donors (Lipinski definition) is 0. The second-order valence-corrected chi connectivity index (χ2v) is 3.30. The Bertz CT molecular complexity index is 266. The van der Waals surface area contributed by atoms with E-state index in [0.29, 0.717) is 0 Å². The van der Waals surface area contributed by atoms with Gasteiger partial charge in [0.05, 0.1) is 0 Å². The molecule has 0 aliphatic carbocycles. The first-order chi connectivity index (χ1) is 5.34. The molecule has 0 unspecified atom stereocenters. The van der Waals surface area contributed by atoms with Gasteiger partial charge in [-0.05, 0) is 36.9 Å². The molecule has 0 radical (unpaired) electrons. The highest BCUT2D eigenvalue weighted by Gasteiger charge is 1.91. The van der Waals surface area contributed by atoms with E-state index in [4.69, 9.17) is 0 Å². The first-order valence-electron chi connectivity index (χ1n) is 3.68. The molecule has 1 heteroatoms. The van der Waals surface area contributed by atoms with Gasteiger partial charge in [0.25, 0.3) is 0 Å². The minimum Gasteiger partial charge on any atom is -0.144 e. The summed E-state index contributed by atoms with van der Waals surface area (Å²) in [4.78, 5) is 1.35. The molecule has 0 saturated carbocycles. The standard InChI is InChI=1S/C10H12S/c1-3-4-5-6-10-9(2)7-8-11-10/h3-8H,1-2H3/b4-3-,6-5-.